The second-order valence-electron chi connectivity index (χ2n) is 5.49. The molecule has 3 rings (SSSR count). The first-order valence-corrected chi connectivity index (χ1v) is 7.77. The molecular weight excluding hydrogens is 318 g/mol. The van der Waals surface area contributed by atoms with Crippen molar-refractivity contribution in [2.45, 2.75) is 6.54 Å². The molecule has 2 N–H and O–H groups in total. The molecule has 2 amide bonds. The van der Waals surface area contributed by atoms with E-state index in [1.54, 1.807) is 36.3 Å². The van der Waals surface area contributed by atoms with Crippen molar-refractivity contribution >= 4 is 11.7 Å². The second kappa shape index (κ2) is 7.48. The second-order valence-corrected chi connectivity index (χ2v) is 5.49. The molecule has 7 nitrogen and oxygen atoms in total. The average molecular weight is 337 g/mol. The summed E-state index contributed by atoms with van der Waals surface area (Å²) in [6, 6.07) is 10.7. The molecular formula is C18H19N5O2. The standard InChI is InChI=1S/C18H19N5O2/c1-23-12-14(11-21-23)17-8-13(6-7-19-17)10-20-18(24)22-15-4-3-5-16(9-15)25-2/h3-9,11-12H,10H2,1-2H3,(H2,20,22,24). The number of benzene rings is 1. The number of nitrogens with zero attached hydrogens (tertiary/aromatic N) is 3. The fourth-order valence-electron chi connectivity index (χ4n) is 2.35. The van der Waals surface area contributed by atoms with Gasteiger partial charge in [0.05, 0.1) is 19.0 Å². The van der Waals surface area contributed by atoms with E-state index >= 15 is 0 Å². The summed E-state index contributed by atoms with van der Waals surface area (Å²) in [5, 5.41) is 9.75. The van der Waals surface area contributed by atoms with Gasteiger partial charge in [-0.05, 0) is 29.8 Å². The number of pyridine rings is 1. The highest BCUT2D eigenvalue weighted by atomic mass is 16.5. The fraction of sp³-hybridized carbons (Fsp3) is 0.167. The number of ether oxygens (including phenoxy) is 1. The summed E-state index contributed by atoms with van der Waals surface area (Å²) in [5.41, 5.74) is 3.38. The Labute approximate surface area is 145 Å². The lowest BCUT2D eigenvalue weighted by atomic mass is 10.1. The SMILES string of the molecule is COc1cccc(NC(=O)NCc2ccnc(-c3cnn(C)c3)c2)c1. The number of anilines is 1. The molecule has 0 saturated carbocycles. The smallest absolute Gasteiger partial charge is 0.319 e. The summed E-state index contributed by atoms with van der Waals surface area (Å²) < 4.78 is 6.86. The summed E-state index contributed by atoms with van der Waals surface area (Å²) in [5.74, 6) is 0.688. The average Bonchev–Trinajstić information content (AvgIpc) is 3.07. The van der Waals surface area contributed by atoms with Gasteiger partial charge >= 0.3 is 6.03 Å². The molecule has 0 aliphatic carbocycles. The molecule has 2 aromatic heterocycles. The third-order valence-electron chi connectivity index (χ3n) is 3.61. The van der Waals surface area contributed by atoms with Crippen LogP contribution in [-0.2, 0) is 13.6 Å². The van der Waals surface area contributed by atoms with Crippen LogP contribution in [0.15, 0.2) is 55.0 Å². The number of carbonyl (C=O) groups is 1. The van der Waals surface area contributed by atoms with Crippen LogP contribution < -0.4 is 15.4 Å². The normalized spacial score (nSPS) is 10.3. The molecule has 25 heavy (non-hydrogen) atoms. The zero-order valence-electron chi connectivity index (χ0n) is 14.1. The van der Waals surface area contributed by atoms with Crippen molar-refractivity contribution < 1.29 is 9.53 Å². The van der Waals surface area contributed by atoms with Crippen LogP contribution in [0.2, 0.25) is 0 Å². The predicted octanol–water partition coefficient (Wildman–Crippen LogP) is 2.81. The van der Waals surface area contributed by atoms with Crippen LogP contribution in [0.3, 0.4) is 0 Å². The van der Waals surface area contributed by atoms with Gasteiger partial charge in [0.2, 0.25) is 0 Å². The molecule has 0 fully saturated rings. The minimum atomic E-state index is -0.284. The molecule has 2 heterocycles. The Hall–Kier alpha value is -3.35. The zero-order chi connectivity index (χ0) is 17.6. The number of aromatic nitrogens is 3. The molecule has 0 saturated heterocycles. The van der Waals surface area contributed by atoms with E-state index in [1.807, 2.05) is 37.5 Å². The molecule has 0 atom stereocenters. The molecule has 7 heteroatoms. The topological polar surface area (TPSA) is 81.1 Å². The Balaban J connectivity index is 1.60. The summed E-state index contributed by atoms with van der Waals surface area (Å²) in [6.45, 7) is 0.394. The van der Waals surface area contributed by atoms with Crippen LogP contribution in [0.4, 0.5) is 10.5 Å². The molecule has 0 spiro atoms. The van der Waals surface area contributed by atoms with E-state index in [2.05, 4.69) is 20.7 Å². The Morgan fingerprint density at radius 2 is 2.16 bits per heavy atom. The number of hydrogen-bond acceptors (Lipinski definition) is 4. The van der Waals surface area contributed by atoms with E-state index in [4.69, 9.17) is 4.74 Å². The van der Waals surface area contributed by atoms with Crippen LogP contribution in [0.5, 0.6) is 5.75 Å². The van der Waals surface area contributed by atoms with Crippen molar-refractivity contribution in [3.8, 4) is 17.0 Å². The van der Waals surface area contributed by atoms with E-state index < -0.39 is 0 Å². The van der Waals surface area contributed by atoms with Gasteiger partial charge in [-0.1, -0.05) is 6.07 Å². The zero-order valence-corrected chi connectivity index (χ0v) is 14.1. The van der Waals surface area contributed by atoms with Gasteiger partial charge < -0.3 is 15.4 Å². The minimum Gasteiger partial charge on any atom is -0.497 e. The molecule has 0 aliphatic heterocycles. The van der Waals surface area contributed by atoms with Crippen molar-refractivity contribution in [1.82, 2.24) is 20.1 Å². The molecule has 0 bridgehead atoms. The first-order valence-electron chi connectivity index (χ1n) is 7.77. The summed E-state index contributed by atoms with van der Waals surface area (Å²) in [7, 11) is 3.44. The number of hydrogen-bond donors (Lipinski definition) is 2. The summed E-state index contributed by atoms with van der Waals surface area (Å²) >= 11 is 0. The number of amides is 2. The van der Waals surface area contributed by atoms with Gasteiger partial charge in [0, 0.05) is 43.3 Å². The largest absolute Gasteiger partial charge is 0.497 e. The number of urea groups is 1. The van der Waals surface area contributed by atoms with Gasteiger partial charge in [-0.25, -0.2) is 4.79 Å². The maximum absolute atomic E-state index is 12.1. The highest BCUT2D eigenvalue weighted by molar-refractivity contribution is 5.89. The van der Waals surface area contributed by atoms with E-state index in [1.165, 1.54) is 0 Å². The van der Waals surface area contributed by atoms with Gasteiger partial charge in [0.1, 0.15) is 5.75 Å². The van der Waals surface area contributed by atoms with Gasteiger partial charge in [-0.15, -0.1) is 0 Å². The van der Waals surface area contributed by atoms with E-state index in [0.717, 1.165) is 16.8 Å². The van der Waals surface area contributed by atoms with E-state index in [0.29, 0.717) is 18.0 Å². The van der Waals surface area contributed by atoms with Gasteiger partial charge in [0.15, 0.2) is 0 Å². The minimum absolute atomic E-state index is 0.284. The maximum atomic E-state index is 12.1. The molecule has 1 aromatic carbocycles. The van der Waals surface area contributed by atoms with E-state index in [9.17, 15) is 4.79 Å². The molecule has 0 aliphatic rings. The lowest BCUT2D eigenvalue weighted by molar-refractivity contribution is 0.251. The molecule has 3 aromatic rings. The molecule has 0 unspecified atom stereocenters. The Kier molecular flexibility index (Phi) is 4.94. The fourth-order valence-corrected chi connectivity index (χ4v) is 2.35. The summed E-state index contributed by atoms with van der Waals surface area (Å²) in [6.07, 6.45) is 5.38. The quantitative estimate of drug-likeness (QED) is 0.750. The van der Waals surface area contributed by atoms with Gasteiger partial charge in [-0.2, -0.15) is 5.10 Å². The third-order valence-corrected chi connectivity index (χ3v) is 3.61. The van der Waals surface area contributed by atoms with Crippen molar-refractivity contribution in [3.63, 3.8) is 0 Å². The molecule has 0 radical (unpaired) electrons. The summed E-state index contributed by atoms with van der Waals surface area (Å²) in [4.78, 5) is 16.4. The number of aryl methyl sites for hydroxylation is 1. The van der Waals surface area contributed by atoms with Crippen molar-refractivity contribution in [2.24, 2.45) is 7.05 Å². The van der Waals surface area contributed by atoms with Crippen molar-refractivity contribution in [1.29, 1.82) is 0 Å². The number of carbonyl (C=O) groups excluding carboxylic acids is 1. The highest BCUT2D eigenvalue weighted by Crippen LogP contribution is 2.17. The predicted molar refractivity (Wildman–Crippen MR) is 95.3 cm³/mol. The van der Waals surface area contributed by atoms with Crippen LogP contribution in [-0.4, -0.2) is 27.9 Å². The maximum Gasteiger partial charge on any atom is 0.319 e. The number of nitrogens with one attached hydrogen (secondary N) is 2. The van der Waals surface area contributed by atoms with Crippen molar-refractivity contribution in [3.05, 3.63) is 60.6 Å². The molecule has 128 valence electrons. The third kappa shape index (κ3) is 4.35. The van der Waals surface area contributed by atoms with Gasteiger partial charge in [-0.3, -0.25) is 9.67 Å². The lowest BCUT2D eigenvalue weighted by Crippen LogP contribution is -2.28. The number of methoxy groups -OCH3 is 1. The number of rotatable bonds is 5. The lowest BCUT2D eigenvalue weighted by Gasteiger charge is -2.09. The van der Waals surface area contributed by atoms with Crippen LogP contribution in [0.25, 0.3) is 11.3 Å². The van der Waals surface area contributed by atoms with Crippen LogP contribution >= 0.6 is 0 Å². The first-order chi connectivity index (χ1) is 12.1. The Morgan fingerprint density at radius 1 is 1.28 bits per heavy atom. The monoisotopic (exact) mass is 337 g/mol. The van der Waals surface area contributed by atoms with Crippen LogP contribution in [0, 0.1) is 0 Å². The Morgan fingerprint density at radius 3 is 2.92 bits per heavy atom. The van der Waals surface area contributed by atoms with Gasteiger partial charge in [0.25, 0.3) is 0 Å². The van der Waals surface area contributed by atoms with E-state index in [-0.39, 0.29) is 6.03 Å². The van der Waals surface area contributed by atoms with Crippen molar-refractivity contribution in [2.75, 3.05) is 12.4 Å². The first kappa shape index (κ1) is 16.5. The highest BCUT2D eigenvalue weighted by Gasteiger charge is 2.06. The van der Waals surface area contributed by atoms with Crippen LogP contribution in [0.1, 0.15) is 5.56 Å². The Bertz CT molecular complexity index is 875.